The third-order valence-electron chi connectivity index (χ3n) is 3.02. The van der Waals surface area contributed by atoms with Crippen molar-refractivity contribution in [2.24, 2.45) is 0 Å². The molecule has 5 heteroatoms. The Morgan fingerprint density at radius 2 is 1.80 bits per heavy atom. The molecule has 0 bridgehead atoms. The molecule has 20 heavy (non-hydrogen) atoms. The molecule has 5 nitrogen and oxygen atoms in total. The van der Waals surface area contributed by atoms with Crippen LogP contribution in [0, 0.1) is 0 Å². The molecule has 0 aliphatic rings. The van der Waals surface area contributed by atoms with Gasteiger partial charge in [0.25, 0.3) is 0 Å². The summed E-state index contributed by atoms with van der Waals surface area (Å²) >= 11 is 0. The molecule has 0 saturated carbocycles. The summed E-state index contributed by atoms with van der Waals surface area (Å²) in [5.41, 5.74) is 0. The van der Waals surface area contributed by atoms with E-state index in [-0.39, 0.29) is 0 Å². The Morgan fingerprint density at radius 1 is 1.10 bits per heavy atom. The molecular weight excluding hydrogens is 250 g/mol. The molecule has 1 rings (SSSR count). The molecule has 0 fully saturated rings. The van der Waals surface area contributed by atoms with Crippen LogP contribution in [0.15, 0.2) is 12.3 Å². The third-order valence-corrected chi connectivity index (χ3v) is 3.02. The highest BCUT2D eigenvalue weighted by Gasteiger charge is 2.07. The molecule has 0 saturated heterocycles. The Labute approximate surface area is 123 Å². The summed E-state index contributed by atoms with van der Waals surface area (Å²) in [6, 6.07) is 2.00. The molecule has 1 N–H and O–H groups in total. The van der Waals surface area contributed by atoms with Crippen molar-refractivity contribution in [3.05, 3.63) is 12.3 Å². The van der Waals surface area contributed by atoms with Crippen LogP contribution in [-0.4, -0.2) is 55.1 Å². The first-order valence-corrected chi connectivity index (χ1v) is 7.64. The fourth-order valence-electron chi connectivity index (χ4n) is 2.09. The summed E-state index contributed by atoms with van der Waals surface area (Å²) in [6.07, 6.45) is 5.20. The number of rotatable bonds is 10. The zero-order valence-corrected chi connectivity index (χ0v) is 13.4. The maximum atomic E-state index is 4.62. The second-order valence-electron chi connectivity index (χ2n) is 5.31. The third kappa shape index (κ3) is 6.19. The predicted octanol–water partition coefficient (Wildman–Crippen LogP) is 2.47. The van der Waals surface area contributed by atoms with E-state index in [1.54, 1.807) is 0 Å². The SMILES string of the molecule is CCCN(CCC)c1ccnc(NCCCN(C)C)n1. The lowest BCUT2D eigenvalue weighted by atomic mass is 10.3. The van der Waals surface area contributed by atoms with E-state index < -0.39 is 0 Å². The van der Waals surface area contributed by atoms with E-state index in [0.29, 0.717) is 0 Å². The van der Waals surface area contributed by atoms with Crippen LogP contribution in [0.2, 0.25) is 0 Å². The van der Waals surface area contributed by atoms with Crippen molar-refractivity contribution in [1.29, 1.82) is 0 Å². The Kier molecular flexibility index (Phi) is 7.95. The first-order valence-electron chi connectivity index (χ1n) is 7.64. The van der Waals surface area contributed by atoms with Crippen LogP contribution in [0.1, 0.15) is 33.1 Å². The second kappa shape index (κ2) is 9.53. The molecule has 114 valence electrons. The van der Waals surface area contributed by atoms with Crippen LogP contribution < -0.4 is 10.2 Å². The summed E-state index contributed by atoms with van der Waals surface area (Å²) in [5.74, 6) is 1.76. The van der Waals surface area contributed by atoms with Gasteiger partial charge in [-0.05, 0) is 46.0 Å². The molecule has 1 aromatic rings. The quantitative estimate of drug-likeness (QED) is 0.667. The smallest absolute Gasteiger partial charge is 0.224 e. The van der Waals surface area contributed by atoms with Gasteiger partial charge in [-0.25, -0.2) is 4.98 Å². The predicted molar refractivity (Wildman–Crippen MR) is 86.5 cm³/mol. The molecule has 0 aromatic carbocycles. The molecule has 0 aliphatic carbocycles. The highest BCUT2D eigenvalue weighted by Crippen LogP contribution is 2.13. The number of anilines is 2. The van der Waals surface area contributed by atoms with Gasteiger partial charge >= 0.3 is 0 Å². The first-order chi connectivity index (χ1) is 9.67. The van der Waals surface area contributed by atoms with Crippen LogP contribution in [0.4, 0.5) is 11.8 Å². The topological polar surface area (TPSA) is 44.3 Å². The molecule has 0 unspecified atom stereocenters. The monoisotopic (exact) mass is 279 g/mol. The molecule has 0 atom stereocenters. The van der Waals surface area contributed by atoms with E-state index in [2.05, 4.69) is 53.0 Å². The minimum Gasteiger partial charge on any atom is -0.356 e. The average Bonchev–Trinajstić information content (AvgIpc) is 2.43. The highest BCUT2D eigenvalue weighted by atomic mass is 15.2. The summed E-state index contributed by atoms with van der Waals surface area (Å²) in [4.78, 5) is 13.4. The van der Waals surface area contributed by atoms with Gasteiger partial charge in [0.15, 0.2) is 0 Å². The number of aromatic nitrogens is 2. The van der Waals surface area contributed by atoms with Crippen molar-refractivity contribution >= 4 is 11.8 Å². The summed E-state index contributed by atoms with van der Waals surface area (Å²) in [7, 11) is 4.18. The molecule has 0 aliphatic heterocycles. The fraction of sp³-hybridized carbons (Fsp3) is 0.733. The standard InChI is InChI=1S/C15H29N5/c1-5-11-20(12-6-2)14-8-10-17-15(18-14)16-9-7-13-19(3)4/h8,10H,5-7,9,11-13H2,1-4H3,(H,16,17,18). The number of hydrogen-bond donors (Lipinski definition) is 1. The Morgan fingerprint density at radius 3 is 2.40 bits per heavy atom. The lowest BCUT2D eigenvalue weighted by Gasteiger charge is -2.22. The lowest BCUT2D eigenvalue weighted by Crippen LogP contribution is -2.26. The van der Waals surface area contributed by atoms with Gasteiger partial charge in [-0.1, -0.05) is 13.8 Å². The molecule has 1 heterocycles. The van der Waals surface area contributed by atoms with Crippen LogP contribution >= 0.6 is 0 Å². The van der Waals surface area contributed by atoms with Crippen molar-refractivity contribution in [2.45, 2.75) is 33.1 Å². The van der Waals surface area contributed by atoms with Crippen LogP contribution in [0.25, 0.3) is 0 Å². The van der Waals surface area contributed by atoms with Crippen molar-refractivity contribution in [1.82, 2.24) is 14.9 Å². The molecule has 1 aromatic heterocycles. The zero-order chi connectivity index (χ0) is 14.8. The van der Waals surface area contributed by atoms with E-state index in [9.17, 15) is 0 Å². The number of nitrogens with zero attached hydrogens (tertiary/aromatic N) is 4. The first kappa shape index (κ1) is 16.7. The summed E-state index contributed by atoms with van der Waals surface area (Å²) in [6.45, 7) is 8.47. The maximum absolute atomic E-state index is 4.62. The van der Waals surface area contributed by atoms with Gasteiger partial charge in [-0.3, -0.25) is 0 Å². The van der Waals surface area contributed by atoms with Gasteiger partial charge in [0, 0.05) is 25.8 Å². The van der Waals surface area contributed by atoms with E-state index in [1.807, 2.05) is 12.3 Å². The summed E-state index contributed by atoms with van der Waals surface area (Å²) in [5, 5.41) is 3.30. The zero-order valence-electron chi connectivity index (χ0n) is 13.4. The Bertz CT molecular complexity index is 361. The fourth-order valence-corrected chi connectivity index (χ4v) is 2.09. The maximum Gasteiger partial charge on any atom is 0.224 e. The van der Waals surface area contributed by atoms with Crippen molar-refractivity contribution in [3.63, 3.8) is 0 Å². The Balaban J connectivity index is 2.55. The second-order valence-corrected chi connectivity index (χ2v) is 5.31. The van der Waals surface area contributed by atoms with Gasteiger partial charge < -0.3 is 15.1 Å². The van der Waals surface area contributed by atoms with Gasteiger partial charge in [0.2, 0.25) is 5.95 Å². The van der Waals surface area contributed by atoms with Crippen LogP contribution in [0.3, 0.4) is 0 Å². The van der Waals surface area contributed by atoms with E-state index in [1.165, 1.54) is 0 Å². The van der Waals surface area contributed by atoms with E-state index >= 15 is 0 Å². The Hall–Kier alpha value is -1.36. The van der Waals surface area contributed by atoms with Crippen molar-refractivity contribution < 1.29 is 0 Å². The largest absolute Gasteiger partial charge is 0.356 e. The van der Waals surface area contributed by atoms with Gasteiger partial charge in [0.05, 0.1) is 0 Å². The molecule has 0 amide bonds. The van der Waals surface area contributed by atoms with Gasteiger partial charge in [-0.15, -0.1) is 0 Å². The minimum absolute atomic E-state index is 0.735. The number of hydrogen-bond acceptors (Lipinski definition) is 5. The van der Waals surface area contributed by atoms with Crippen molar-refractivity contribution in [3.8, 4) is 0 Å². The summed E-state index contributed by atoms with van der Waals surface area (Å²) < 4.78 is 0. The average molecular weight is 279 g/mol. The molecule has 0 spiro atoms. The van der Waals surface area contributed by atoms with Gasteiger partial charge in [0.1, 0.15) is 5.82 Å². The van der Waals surface area contributed by atoms with E-state index in [4.69, 9.17) is 0 Å². The highest BCUT2D eigenvalue weighted by molar-refractivity contribution is 5.42. The van der Waals surface area contributed by atoms with Gasteiger partial charge in [-0.2, -0.15) is 4.98 Å². The number of nitrogens with one attached hydrogen (secondary N) is 1. The molecule has 0 radical (unpaired) electrons. The van der Waals surface area contributed by atoms with Crippen molar-refractivity contribution in [2.75, 3.05) is 50.5 Å². The molecular formula is C15H29N5. The minimum atomic E-state index is 0.735. The van der Waals surface area contributed by atoms with Crippen LogP contribution in [-0.2, 0) is 0 Å². The van der Waals surface area contributed by atoms with Crippen LogP contribution in [0.5, 0.6) is 0 Å². The lowest BCUT2D eigenvalue weighted by molar-refractivity contribution is 0.405. The van der Waals surface area contributed by atoms with E-state index in [0.717, 1.165) is 57.2 Å². The normalized spacial score (nSPS) is 10.8.